The van der Waals surface area contributed by atoms with Crippen LogP contribution in [0, 0.1) is 5.92 Å². The Bertz CT molecular complexity index is 657. The minimum Gasteiger partial charge on any atom is -0.550 e. The number of benzene rings is 1. The molecule has 1 aliphatic rings. The van der Waals surface area contributed by atoms with Crippen molar-refractivity contribution in [2.24, 2.45) is 5.92 Å². The van der Waals surface area contributed by atoms with Crippen LogP contribution in [0.4, 0.5) is 0 Å². The summed E-state index contributed by atoms with van der Waals surface area (Å²) in [6.45, 7) is 0.178. The summed E-state index contributed by atoms with van der Waals surface area (Å²) in [6, 6.07) is 4.47. The fraction of sp³-hybridized carbons (Fsp3) is 0.500. The molecule has 0 saturated carbocycles. The standard InChI is InChI=1S/C14H19NO6S/c1-20-11-5-6-12(21-2)13(8-11)22(18,19)15-7-3-4-10(9-15)14(16)17/h5-6,8,10H,3-4,7,9H2,1-2H3,(H,16,17)/p-1/t10-/m0/s1. The van der Waals surface area contributed by atoms with E-state index in [9.17, 15) is 18.3 Å². The molecule has 22 heavy (non-hydrogen) atoms. The van der Waals surface area contributed by atoms with Crippen molar-refractivity contribution in [3.8, 4) is 11.5 Å². The summed E-state index contributed by atoms with van der Waals surface area (Å²) in [4.78, 5) is 11.0. The molecule has 1 aliphatic heterocycles. The van der Waals surface area contributed by atoms with Crippen molar-refractivity contribution in [1.82, 2.24) is 4.31 Å². The van der Waals surface area contributed by atoms with Crippen molar-refractivity contribution in [1.29, 1.82) is 0 Å². The molecule has 0 aromatic heterocycles. The van der Waals surface area contributed by atoms with Gasteiger partial charge in [-0.2, -0.15) is 4.31 Å². The number of rotatable bonds is 5. The number of carboxylic acids is 1. The van der Waals surface area contributed by atoms with E-state index >= 15 is 0 Å². The molecular weight excluding hydrogens is 310 g/mol. The van der Waals surface area contributed by atoms with Gasteiger partial charge in [-0.3, -0.25) is 0 Å². The zero-order chi connectivity index (χ0) is 16.3. The molecular formula is C14H18NO6S-. The molecule has 1 saturated heterocycles. The Kier molecular flexibility index (Phi) is 4.92. The van der Waals surface area contributed by atoms with E-state index in [1.165, 1.54) is 26.4 Å². The number of hydrogen-bond donors (Lipinski definition) is 0. The third-order valence-corrected chi connectivity index (χ3v) is 5.59. The summed E-state index contributed by atoms with van der Waals surface area (Å²) in [5.74, 6) is -1.44. The topological polar surface area (TPSA) is 96.0 Å². The Balaban J connectivity index is 2.39. The number of carbonyl (C=O) groups excluding carboxylic acids is 1. The first-order chi connectivity index (χ1) is 10.4. The Hall–Kier alpha value is -1.80. The van der Waals surface area contributed by atoms with Crippen molar-refractivity contribution < 1.29 is 27.8 Å². The summed E-state index contributed by atoms with van der Waals surface area (Å²) in [7, 11) is -1.05. The van der Waals surface area contributed by atoms with E-state index in [0.29, 0.717) is 18.6 Å². The normalized spacial score (nSPS) is 19.6. The van der Waals surface area contributed by atoms with Gasteiger partial charge in [0.1, 0.15) is 16.4 Å². The number of methoxy groups -OCH3 is 2. The highest BCUT2D eigenvalue weighted by atomic mass is 32.2. The average molecular weight is 328 g/mol. The second-order valence-electron chi connectivity index (χ2n) is 5.04. The highest BCUT2D eigenvalue weighted by molar-refractivity contribution is 7.89. The maximum Gasteiger partial charge on any atom is 0.246 e. The number of carbonyl (C=O) groups is 1. The van der Waals surface area contributed by atoms with Crippen LogP contribution in [0.5, 0.6) is 11.5 Å². The van der Waals surface area contributed by atoms with Gasteiger partial charge in [-0.15, -0.1) is 0 Å². The molecule has 0 aliphatic carbocycles. The van der Waals surface area contributed by atoms with Gasteiger partial charge in [0.25, 0.3) is 0 Å². The van der Waals surface area contributed by atoms with Crippen molar-refractivity contribution >= 4 is 16.0 Å². The van der Waals surface area contributed by atoms with Gasteiger partial charge in [0, 0.05) is 31.0 Å². The molecule has 0 amide bonds. The predicted octanol–water partition coefficient (Wildman–Crippen LogP) is -0.146. The number of hydrogen-bond acceptors (Lipinski definition) is 6. The van der Waals surface area contributed by atoms with Crippen LogP contribution in [0.2, 0.25) is 0 Å². The lowest BCUT2D eigenvalue weighted by Gasteiger charge is -2.32. The third kappa shape index (κ3) is 3.17. The molecule has 2 rings (SSSR count). The maximum atomic E-state index is 12.8. The fourth-order valence-corrected chi connectivity index (χ4v) is 4.17. The van der Waals surface area contributed by atoms with Crippen molar-refractivity contribution in [3.63, 3.8) is 0 Å². The zero-order valence-electron chi connectivity index (χ0n) is 12.4. The van der Waals surface area contributed by atoms with E-state index in [4.69, 9.17) is 9.47 Å². The number of nitrogens with zero attached hydrogens (tertiary/aromatic N) is 1. The van der Waals surface area contributed by atoms with E-state index in [2.05, 4.69) is 0 Å². The Morgan fingerprint density at radius 1 is 1.32 bits per heavy atom. The smallest absolute Gasteiger partial charge is 0.246 e. The van der Waals surface area contributed by atoms with Crippen LogP contribution in [-0.4, -0.2) is 46.0 Å². The Morgan fingerprint density at radius 3 is 2.64 bits per heavy atom. The molecule has 0 bridgehead atoms. The molecule has 1 heterocycles. The molecule has 0 unspecified atom stereocenters. The summed E-state index contributed by atoms with van der Waals surface area (Å²) in [5, 5.41) is 11.0. The second kappa shape index (κ2) is 6.53. The summed E-state index contributed by atoms with van der Waals surface area (Å²) < 4.78 is 36.9. The van der Waals surface area contributed by atoms with Crippen LogP contribution < -0.4 is 14.6 Å². The largest absolute Gasteiger partial charge is 0.550 e. The number of sulfonamides is 1. The van der Waals surface area contributed by atoms with Crippen molar-refractivity contribution in [2.75, 3.05) is 27.3 Å². The molecule has 7 nitrogen and oxygen atoms in total. The lowest BCUT2D eigenvalue weighted by atomic mass is 10.0. The molecule has 1 fully saturated rings. The second-order valence-corrected chi connectivity index (χ2v) is 6.94. The molecule has 8 heteroatoms. The quantitative estimate of drug-likeness (QED) is 0.746. The van der Waals surface area contributed by atoms with Crippen LogP contribution >= 0.6 is 0 Å². The third-order valence-electron chi connectivity index (χ3n) is 3.71. The maximum absolute atomic E-state index is 12.8. The van der Waals surface area contributed by atoms with Gasteiger partial charge in [0.05, 0.1) is 14.2 Å². The van der Waals surface area contributed by atoms with E-state index in [-0.39, 0.29) is 23.7 Å². The van der Waals surface area contributed by atoms with Crippen LogP contribution in [-0.2, 0) is 14.8 Å². The van der Waals surface area contributed by atoms with Gasteiger partial charge in [-0.05, 0) is 25.0 Å². The van der Waals surface area contributed by atoms with E-state index < -0.39 is 21.9 Å². The summed E-state index contributed by atoms with van der Waals surface area (Å²) >= 11 is 0. The van der Waals surface area contributed by atoms with Gasteiger partial charge < -0.3 is 19.4 Å². The number of aliphatic carboxylic acids is 1. The summed E-state index contributed by atoms with van der Waals surface area (Å²) in [6.07, 6.45) is 0.897. The van der Waals surface area contributed by atoms with Gasteiger partial charge in [-0.25, -0.2) is 8.42 Å². The number of piperidine rings is 1. The highest BCUT2D eigenvalue weighted by Crippen LogP contribution is 2.32. The first kappa shape index (κ1) is 16.6. The fourth-order valence-electron chi connectivity index (χ4n) is 2.48. The van der Waals surface area contributed by atoms with Crippen LogP contribution in [0.1, 0.15) is 12.8 Å². The van der Waals surface area contributed by atoms with Crippen LogP contribution in [0.25, 0.3) is 0 Å². The highest BCUT2D eigenvalue weighted by Gasteiger charge is 2.33. The molecule has 1 atom stereocenters. The van der Waals surface area contributed by atoms with Crippen molar-refractivity contribution in [3.05, 3.63) is 18.2 Å². The van der Waals surface area contributed by atoms with Gasteiger partial charge in [0.2, 0.25) is 10.0 Å². The van der Waals surface area contributed by atoms with Gasteiger partial charge in [-0.1, -0.05) is 0 Å². The monoisotopic (exact) mass is 328 g/mol. The molecule has 1 aromatic rings. The van der Waals surface area contributed by atoms with Gasteiger partial charge in [0.15, 0.2) is 0 Å². The average Bonchev–Trinajstić information content (AvgIpc) is 2.54. The lowest BCUT2D eigenvalue weighted by molar-refractivity contribution is -0.312. The minimum atomic E-state index is -3.87. The van der Waals surface area contributed by atoms with Gasteiger partial charge >= 0.3 is 0 Å². The first-order valence-corrected chi connectivity index (χ1v) is 8.27. The summed E-state index contributed by atoms with van der Waals surface area (Å²) in [5.41, 5.74) is 0. The van der Waals surface area contributed by atoms with Crippen LogP contribution in [0.3, 0.4) is 0 Å². The molecule has 0 N–H and O–H groups in total. The molecule has 0 spiro atoms. The predicted molar refractivity (Wildman–Crippen MR) is 76.0 cm³/mol. The molecule has 122 valence electrons. The van der Waals surface area contributed by atoms with Crippen LogP contribution in [0.15, 0.2) is 23.1 Å². The number of carboxylic acid groups (broad SMARTS) is 1. The SMILES string of the molecule is COc1ccc(OC)c(S(=O)(=O)N2CCC[C@H](C(=O)[O-])C2)c1. The van der Waals surface area contributed by atoms with Crippen molar-refractivity contribution in [2.45, 2.75) is 17.7 Å². The lowest BCUT2D eigenvalue weighted by Crippen LogP contribution is -2.46. The van der Waals surface area contributed by atoms with E-state index in [1.807, 2.05) is 0 Å². The molecule has 0 radical (unpaired) electrons. The Morgan fingerprint density at radius 2 is 2.05 bits per heavy atom. The first-order valence-electron chi connectivity index (χ1n) is 6.83. The number of ether oxygens (including phenoxy) is 2. The minimum absolute atomic E-state index is 0.0339. The van der Waals surface area contributed by atoms with E-state index in [1.54, 1.807) is 6.07 Å². The van der Waals surface area contributed by atoms with E-state index in [0.717, 1.165) is 4.31 Å². The zero-order valence-corrected chi connectivity index (χ0v) is 13.3. The Labute approximate surface area is 129 Å². The molecule has 1 aromatic carbocycles.